The molecule has 0 aliphatic carbocycles. The second-order valence-electron chi connectivity index (χ2n) is 7.63. The third kappa shape index (κ3) is 2.20. The number of nitrogens with zero attached hydrogens (tertiary/aromatic N) is 2. The van der Waals surface area contributed by atoms with Crippen LogP contribution in [0.5, 0.6) is 0 Å². The van der Waals surface area contributed by atoms with Crippen LogP contribution >= 0.6 is 0 Å². The van der Waals surface area contributed by atoms with Gasteiger partial charge in [-0.3, -0.25) is 9.59 Å². The van der Waals surface area contributed by atoms with Gasteiger partial charge in [0.25, 0.3) is 11.8 Å². The molecular weight excluding hydrogens is 360 g/mol. The van der Waals surface area contributed by atoms with Crippen molar-refractivity contribution in [3.05, 3.63) is 83.9 Å². The molecule has 0 radical (unpaired) electrons. The van der Waals surface area contributed by atoms with E-state index in [0.717, 1.165) is 44.0 Å². The summed E-state index contributed by atoms with van der Waals surface area (Å²) in [5, 5.41) is 4.25. The van der Waals surface area contributed by atoms with Crippen molar-refractivity contribution in [2.24, 2.45) is 0 Å². The zero-order chi connectivity index (χ0) is 19.5. The number of rotatable bonds is 4. The first-order chi connectivity index (χ1) is 14.2. The van der Waals surface area contributed by atoms with Gasteiger partial charge in [0.05, 0.1) is 11.4 Å². The van der Waals surface area contributed by atoms with E-state index in [2.05, 4.69) is 0 Å². The number of carbonyl (C=O) groups is 2. The Morgan fingerprint density at radius 1 is 0.552 bits per heavy atom. The monoisotopic (exact) mass is 378 g/mol. The average molecular weight is 378 g/mol. The minimum atomic E-state index is 0.0509. The number of anilines is 2. The molecule has 0 N–H and O–H groups in total. The Labute approximate surface area is 168 Å². The molecule has 4 aromatic carbocycles. The highest BCUT2D eigenvalue weighted by atomic mass is 16.2. The van der Waals surface area contributed by atoms with Crippen LogP contribution in [0.3, 0.4) is 0 Å². The molecule has 0 aromatic heterocycles. The normalized spacial score (nSPS) is 14.6. The first-order valence-corrected chi connectivity index (χ1v) is 9.91. The molecule has 4 aromatic rings. The molecule has 2 amide bonds. The lowest BCUT2D eigenvalue weighted by Crippen LogP contribution is -2.33. The minimum Gasteiger partial charge on any atom is -0.308 e. The maximum absolute atomic E-state index is 12.9. The van der Waals surface area contributed by atoms with Crippen LogP contribution in [0.4, 0.5) is 11.4 Å². The lowest BCUT2D eigenvalue weighted by Gasteiger charge is -2.21. The van der Waals surface area contributed by atoms with Crippen LogP contribution < -0.4 is 9.80 Å². The standard InChI is InChI=1S/C25H18N2O2/c28-24-18-10-1-6-16-8-3-12-20(22(16)18)26(24)14-5-15-27-21-13-4-9-17-7-2-11-19(23(17)21)25(27)29/h1-4,6-13H,5,14-15H2. The Morgan fingerprint density at radius 2 is 0.966 bits per heavy atom. The van der Waals surface area contributed by atoms with Crippen LogP contribution in [0.15, 0.2) is 72.8 Å². The molecule has 6 rings (SSSR count). The Balaban J connectivity index is 1.26. The van der Waals surface area contributed by atoms with Crippen molar-refractivity contribution in [1.29, 1.82) is 0 Å². The van der Waals surface area contributed by atoms with Gasteiger partial charge in [-0.15, -0.1) is 0 Å². The number of benzene rings is 4. The van der Waals surface area contributed by atoms with E-state index in [-0.39, 0.29) is 11.8 Å². The molecule has 0 saturated carbocycles. The largest absolute Gasteiger partial charge is 0.308 e. The predicted molar refractivity (Wildman–Crippen MR) is 116 cm³/mol. The van der Waals surface area contributed by atoms with Gasteiger partial charge in [-0.05, 0) is 41.5 Å². The van der Waals surface area contributed by atoms with Gasteiger partial charge in [0.15, 0.2) is 0 Å². The maximum Gasteiger partial charge on any atom is 0.258 e. The summed E-state index contributed by atoms with van der Waals surface area (Å²) >= 11 is 0. The molecular formula is C25H18N2O2. The van der Waals surface area contributed by atoms with E-state index in [1.54, 1.807) is 0 Å². The van der Waals surface area contributed by atoms with E-state index < -0.39 is 0 Å². The highest BCUT2D eigenvalue weighted by Crippen LogP contribution is 2.39. The number of hydrogen-bond acceptors (Lipinski definition) is 2. The summed E-state index contributed by atoms with van der Waals surface area (Å²) in [5.41, 5.74) is 3.49. The number of hydrogen-bond donors (Lipinski definition) is 0. The fourth-order valence-electron chi connectivity index (χ4n) is 4.79. The summed E-state index contributed by atoms with van der Waals surface area (Å²) in [4.78, 5) is 29.6. The van der Waals surface area contributed by atoms with Crippen molar-refractivity contribution >= 4 is 44.7 Å². The first kappa shape index (κ1) is 16.3. The maximum atomic E-state index is 12.9. The van der Waals surface area contributed by atoms with E-state index in [4.69, 9.17) is 0 Å². The van der Waals surface area contributed by atoms with Crippen molar-refractivity contribution in [3.63, 3.8) is 0 Å². The van der Waals surface area contributed by atoms with Gasteiger partial charge in [-0.2, -0.15) is 0 Å². The van der Waals surface area contributed by atoms with Gasteiger partial charge < -0.3 is 9.80 Å². The van der Waals surface area contributed by atoms with E-state index in [1.807, 2.05) is 82.6 Å². The van der Waals surface area contributed by atoms with Gasteiger partial charge in [0, 0.05) is 35.0 Å². The molecule has 4 heteroatoms. The van der Waals surface area contributed by atoms with Crippen molar-refractivity contribution in [3.8, 4) is 0 Å². The van der Waals surface area contributed by atoms with Gasteiger partial charge in [-0.25, -0.2) is 0 Å². The summed E-state index contributed by atoms with van der Waals surface area (Å²) < 4.78 is 0. The Kier molecular flexibility index (Phi) is 3.33. The molecule has 2 aliphatic rings. The molecule has 0 spiro atoms. The van der Waals surface area contributed by atoms with Crippen LogP contribution in [-0.4, -0.2) is 24.9 Å². The molecule has 0 bridgehead atoms. The smallest absolute Gasteiger partial charge is 0.258 e. The van der Waals surface area contributed by atoms with E-state index in [0.29, 0.717) is 19.5 Å². The molecule has 140 valence electrons. The van der Waals surface area contributed by atoms with Gasteiger partial charge >= 0.3 is 0 Å². The fourth-order valence-corrected chi connectivity index (χ4v) is 4.79. The van der Waals surface area contributed by atoms with Gasteiger partial charge in [0.1, 0.15) is 0 Å². The topological polar surface area (TPSA) is 40.6 Å². The molecule has 4 nitrogen and oxygen atoms in total. The second-order valence-corrected chi connectivity index (χ2v) is 7.63. The fraction of sp³-hybridized carbons (Fsp3) is 0.120. The summed E-state index contributed by atoms with van der Waals surface area (Å²) in [6.07, 6.45) is 0.715. The average Bonchev–Trinajstić information content (AvgIpc) is 3.19. The molecule has 0 atom stereocenters. The van der Waals surface area contributed by atoms with Crippen LogP contribution in [-0.2, 0) is 0 Å². The third-order valence-corrected chi connectivity index (χ3v) is 6.06. The zero-order valence-electron chi connectivity index (χ0n) is 15.8. The highest BCUT2D eigenvalue weighted by molar-refractivity contribution is 6.26. The number of amides is 2. The van der Waals surface area contributed by atoms with Crippen molar-refractivity contribution in [2.45, 2.75) is 6.42 Å². The van der Waals surface area contributed by atoms with Crippen LogP contribution in [0.2, 0.25) is 0 Å². The van der Waals surface area contributed by atoms with E-state index in [9.17, 15) is 9.59 Å². The van der Waals surface area contributed by atoms with Crippen molar-refractivity contribution in [2.75, 3.05) is 22.9 Å². The third-order valence-electron chi connectivity index (χ3n) is 6.06. The Hall–Kier alpha value is -3.66. The van der Waals surface area contributed by atoms with Crippen LogP contribution in [0.25, 0.3) is 21.5 Å². The lowest BCUT2D eigenvalue weighted by molar-refractivity contribution is 0.0991. The molecule has 0 fully saturated rings. The molecule has 2 aliphatic heterocycles. The van der Waals surface area contributed by atoms with Gasteiger partial charge in [-0.1, -0.05) is 48.5 Å². The molecule has 29 heavy (non-hydrogen) atoms. The minimum absolute atomic E-state index is 0.0509. The van der Waals surface area contributed by atoms with Crippen molar-refractivity contribution < 1.29 is 9.59 Å². The zero-order valence-corrected chi connectivity index (χ0v) is 15.8. The SMILES string of the molecule is O=C1c2cccc3cccc(c23)N1CCCN1C(=O)c2cccc3cccc1c23. The summed E-state index contributed by atoms with van der Waals surface area (Å²) in [6.45, 7) is 1.17. The Morgan fingerprint density at radius 3 is 1.41 bits per heavy atom. The highest BCUT2D eigenvalue weighted by Gasteiger charge is 2.31. The predicted octanol–water partition coefficient (Wildman–Crippen LogP) is 5.00. The van der Waals surface area contributed by atoms with E-state index >= 15 is 0 Å². The molecule has 0 saturated heterocycles. The van der Waals surface area contributed by atoms with Crippen LogP contribution in [0, 0.1) is 0 Å². The number of carbonyl (C=O) groups excluding carboxylic acids is 2. The Bertz CT molecular complexity index is 1230. The summed E-state index contributed by atoms with van der Waals surface area (Å²) in [6, 6.07) is 23.8. The summed E-state index contributed by atoms with van der Waals surface area (Å²) in [7, 11) is 0. The molecule has 2 heterocycles. The lowest BCUT2D eigenvalue weighted by atomic mass is 10.1. The van der Waals surface area contributed by atoms with Crippen LogP contribution in [0.1, 0.15) is 27.1 Å². The quantitative estimate of drug-likeness (QED) is 0.501. The van der Waals surface area contributed by atoms with E-state index in [1.165, 1.54) is 0 Å². The first-order valence-electron chi connectivity index (χ1n) is 9.91. The summed E-state index contributed by atoms with van der Waals surface area (Å²) in [5.74, 6) is 0.102. The van der Waals surface area contributed by atoms with Gasteiger partial charge in [0.2, 0.25) is 0 Å². The van der Waals surface area contributed by atoms with Crippen molar-refractivity contribution in [1.82, 2.24) is 0 Å². The second kappa shape index (κ2) is 5.92. The molecule has 0 unspecified atom stereocenters.